The van der Waals surface area contributed by atoms with E-state index in [4.69, 9.17) is 0 Å². The normalized spacial score (nSPS) is 9.94. The number of halogens is 1. The molecule has 0 unspecified atom stereocenters. The zero-order chi connectivity index (χ0) is 12.0. The molecule has 0 heterocycles. The third-order valence-electron chi connectivity index (χ3n) is 2.23. The molecule has 0 radical (unpaired) electrons. The molecule has 0 aliphatic carbocycles. The Morgan fingerprint density at radius 2 is 2.12 bits per heavy atom. The maximum Gasteiger partial charge on any atom is 0.319 e. The van der Waals surface area contributed by atoms with Gasteiger partial charge in [-0.3, -0.25) is 0 Å². The molecule has 4 heteroatoms. The van der Waals surface area contributed by atoms with Crippen LogP contribution < -0.4 is 10.6 Å². The van der Waals surface area contributed by atoms with Gasteiger partial charge in [0.1, 0.15) is 5.82 Å². The quantitative estimate of drug-likeness (QED) is 0.811. The van der Waals surface area contributed by atoms with Gasteiger partial charge in [-0.1, -0.05) is 13.8 Å². The molecule has 0 fully saturated rings. The van der Waals surface area contributed by atoms with Crippen LogP contribution in [-0.4, -0.2) is 12.6 Å². The number of nitrogens with one attached hydrogen (secondary N) is 2. The Kier molecular flexibility index (Phi) is 4.76. The van der Waals surface area contributed by atoms with Gasteiger partial charge in [0, 0.05) is 12.2 Å². The van der Waals surface area contributed by atoms with Gasteiger partial charge < -0.3 is 10.6 Å². The third kappa shape index (κ3) is 3.53. The molecule has 0 atom stereocenters. The summed E-state index contributed by atoms with van der Waals surface area (Å²) in [4.78, 5) is 11.4. The van der Waals surface area contributed by atoms with Crippen molar-refractivity contribution >= 4 is 11.7 Å². The van der Waals surface area contributed by atoms with Crippen LogP contribution in [0.4, 0.5) is 14.9 Å². The van der Waals surface area contributed by atoms with Crippen LogP contribution in [-0.2, 0) is 6.42 Å². The van der Waals surface area contributed by atoms with Crippen molar-refractivity contribution in [1.29, 1.82) is 0 Å². The minimum Gasteiger partial charge on any atom is -0.338 e. The Labute approximate surface area is 95.0 Å². The van der Waals surface area contributed by atoms with Crippen molar-refractivity contribution in [2.24, 2.45) is 0 Å². The van der Waals surface area contributed by atoms with Gasteiger partial charge in [-0.15, -0.1) is 0 Å². The summed E-state index contributed by atoms with van der Waals surface area (Å²) < 4.78 is 12.9. The lowest BCUT2D eigenvalue weighted by atomic mass is 10.1. The first-order chi connectivity index (χ1) is 7.67. The highest BCUT2D eigenvalue weighted by atomic mass is 19.1. The van der Waals surface area contributed by atoms with Gasteiger partial charge in [0.05, 0.1) is 0 Å². The molecule has 1 rings (SSSR count). The third-order valence-corrected chi connectivity index (χ3v) is 2.23. The summed E-state index contributed by atoms with van der Waals surface area (Å²) in [6, 6.07) is 4.12. The maximum atomic E-state index is 12.9. The van der Waals surface area contributed by atoms with Crippen molar-refractivity contribution in [3.63, 3.8) is 0 Å². The number of carbonyl (C=O) groups is 1. The number of urea groups is 1. The predicted octanol–water partition coefficient (Wildman–Crippen LogP) is 2.92. The average molecular weight is 224 g/mol. The summed E-state index contributed by atoms with van der Waals surface area (Å²) in [5.41, 5.74) is 1.46. The molecule has 0 aromatic heterocycles. The molecule has 0 aliphatic rings. The zero-order valence-corrected chi connectivity index (χ0v) is 9.64. The van der Waals surface area contributed by atoms with Gasteiger partial charge >= 0.3 is 6.03 Å². The molecule has 3 nitrogen and oxygen atoms in total. The number of hydrogen-bond acceptors (Lipinski definition) is 1. The lowest BCUT2D eigenvalue weighted by Gasteiger charge is -2.10. The SMILES string of the molecule is CCCNC(=O)Nc1ccc(F)cc1CC. The highest BCUT2D eigenvalue weighted by Gasteiger charge is 2.05. The molecule has 16 heavy (non-hydrogen) atoms. The van der Waals surface area contributed by atoms with Crippen molar-refractivity contribution < 1.29 is 9.18 Å². The van der Waals surface area contributed by atoms with Crippen LogP contribution in [0.25, 0.3) is 0 Å². The van der Waals surface area contributed by atoms with E-state index in [9.17, 15) is 9.18 Å². The molecule has 1 aromatic rings. The highest BCUT2D eigenvalue weighted by molar-refractivity contribution is 5.90. The second-order valence-electron chi connectivity index (χ2n) is 3.54. The van der Waals surface area contributed by atoms with Crippen molar-refractivity contribution in [2.45, 2.75) is 26.7 Å². The van der Waals surface area contributed by atoms with Crippen molar-refractivity contribution in [1.82, 2.24) is 5.32 Å². The fourth-order valence-electron chi connectivity index (χ4n) is 1.38. The van der Waals surface area contributed by atoms with Crippen LogP contribution in [0, 0.1) is 5.82 Å². The van der Waals surface area contributed by atoms with E-state index in [0.29, 0.717) is 18.7 Å². The number of anilines is 1. The highest BCUT2D eigenvalue weighted by Crippen LogP contribution is 2.17. The van der Waals surface area contributed by atoms with E-state index in [-0.39, 0.29) is 11.8 Å². The first-order valence-electron chi connectivity index (χ1n) is 5.50. The van der Waals surface area contributed by atoms with E-state index in [1.807, 2.05) is 13.8 Å². The first-order valence-corrected chi connectivity index (χ1v) is 5.50. The minimum absolute atomic E-state index is 0.247. The Balaban J connectivity index is 2.69. The van der Waals surface area contributed by atoms with Crippen LogP contribution in [0.5, 0.6) is 0 Å². The van der Waals surface area contributed by atoms with Gasteiger partial charge in [-0.05, 0) is 36.6 Å². The van der Waals surface area contributed by atoms with Gasteiger partial charge in [-0.25, -0.2) is 9.18 Å². The molecule has 0 saturated carbocycles. The number of carbonyl (C=O) groups excluding carboxylic acids is 1. The van der Waals surface area contributed by atoms with Crippen LogP contribution in [0.1, 0.15) is 25.8 Å². The number of aryl methyl sites for hydroxylation is 1. The molecule has 0 spiro atoms. The van der Waals surface area contributed by atoms with E-state index in [2.05, 4.69) is 10.6 Å². The fraction of sp³-hybridized carbons (Fsp3) is 0.417. The summed E-state index contributed by atoms with van der Waals surface area (Å²) in [7, 11) is 0. The number of rotatable bonds is 4. The number of benzene rings is 1. The zero-order valence-electron chi connectivity index (χ0n) is 9.64. The number of hydrogen-bond donors (Lipinski definition) is 2. The molecule has 0 bridgehead atoms. The minimum atomic E-state index is -0.281. The first kappa shape index (κ1) is 12.5. The molecule has 0 saturated heterocycles. The van der Waals surface area contributed by atoms with Crippen LogP contribution in [0.15, 0.2) is 18.2 Å². The fourth-order valence-corrected chi connectivity index (χ4v) is 1.38. The lowest BCUT2D eigenvalue weighted by Crippen LogP contribution is -2.29. The Morgan fingerprint density at radius 1 is 1.38 bits per heavy atom. The second kappa shape index (κ2) is 6.10. The molecular formula is C12H17FN2O. The van der Waals surface area contributed by atoms with Gasteiger partial charge in [0.25, 0.3) is 0 Å². The summed E-state index contributed by atoms with van der Waals surface area (Å²) in [6.07, 6.45) is 1.57. The Morgan fingerprint density at radius 3 is 2.75 bits per heavy atom. The van der Waals surface area contributed by atoms with Gasteiger partial charge in [0.2, 0.25) is 0 Å². The lowest BCUT2D eigenvalue weighted by molar-refractivity contribution is 0.252. The molecule has 88 valence electrons. The Bertz CT molecular complexity index is 366. The van der Waals surface area contributed by atoms with Crippen molar-refractivity contribution in [3.8, 4) is 0 Å². The largest absolute Gasteiger partial charge is 0.338 e. The molecular weight excluding hydrogens is 207 g/mol. The van der Waals surface area contributed by atoms with Crippen LogP contribution in [0.2, 0.25) is 0 Å². The van der Waals surface area contributed by atoms with E-state index in [1.165, 1.54) is 12.1 Å². The van der Waals surface area contributed by atoms with E-state index in [1.54, 1.807) is 6.07 Å². The van der Waals surface area contributed by atoms with Gasteiger partial charge in [-0.2, -0.15) is 0 Å². The van der Waals surface area contributed by atoms with E-state index < -0.39 is 0 Å². The van der Waals surface area contributed by atoms with Crippen molar-refractivity contribution in [2.75, 3.05) is 11.9 Å². The Hall–Kier alpha value is -1.58. The summed E-state index contributed by atoms with van der Waals surface area (Å²) in [6.45, 7) is 4.54. The topological polar surface area (TPSA) is 41.1 Å². The monoisotopic (exact) mass is 224 g/mol. The van der Waals surface area contributed by atoms with Gasteiger partial charge in [0.15, 0.2) is 0 Å². The molecule has 2 amide bonds. The summed E-state index contributed by atoms with van der Waals surface area (Å²) in [5, 5.41) is 5.41. The molecule has 2 N–H and O–H groups in total. The molecule has 0 aliphatic heterocycles. The second-order valence-corrected chi connectivity index (χ2v) is 3.54. The average Bonchev–Trinajstić information content (AvgIpc) is 2.28. The predicted molar refractivity (Wildman–Crippen MR) is 63.1 cm³/mol. The molecule has 1 aromatic carbocycles. The van der Waals surface area contributed by atoms with Crippen LogP contribution >= 0.6 is 0 Å². The smallest absolute Gasteiger partial charge is 0.319 e. The van der Waals surface area contributed by atoms with Crippen molar-refractivity contribution in [3.05, 3.63) is 29.6 Å². The number of amides is 2. The van der Waals surface area contributed by atoms with E-state index >= 15 is 0 Å². The summed E-state index contributed by atoms with van der Waals surface area (Å²) in [5.74, 6) is -0.281. The van der Waals surface area contributed by atoms with E-state index in [0.717, 1.165) is 12.0 Å². The maximum absolute atomic E-state index is 12.9. The van der Waals surface area contributed by atoms with Crippen LogP contribution in [0.3, 0.4) is 0 Å². The summed E-state index contributed by atoms with van der Waals surface area (Å²) >= 11 is 0. The standard InChI is InChI=1S/C12H17FN2O/c1-3-7-14-12(16)15-11-6-5-10(13)8-9(11)4-2/h5-6,8H,3-4,7H2,1-2H3,(H2,14,15,16).